The maximum atomic E-state index is 9.89. The normalized spacial score (nSPS) is 18.8. The summed E-state index contributed by atoms with van der Waals surface area (Å²) in [5.74, 6) is -0.0339. The second-order valence-corrected chi connectivity index (χ2v) is 4.22. The van der Waals surface area contributed by atoms with Gasteiger partial charge >= 0.3 is 0 Å². The molecule has 1 rings (SSSR count). The molecule has 1 aromatic rings. The van der Waals surface area contributed by atoms with Crippen LogP contribution in [0.15, 0.2) is 30.3 Å². The van der Waals surface area contributed by atoms with Gasteiger partial charge in [-0.1, -0.05) is 50.6 Å². The number of aliphatic hydroxyl groups excluding tert-OH is 3. The second kappa shape index (κ2) is 5.99. The summed E-state index contributed by atoms with van der Waals surface area (Å²) < 4.78 is 0. The van der Waals surface area contributed by atoms with Crippen molar-refractivity contribution in [2.75, 3.05) is 0 Å². The molecule has 0 fully saturated rings. The second-order valence-electron chi connectivity index (χ2n) is 4.22. The summed E-state index contributed by atoms with van der Waals surface area (Å²) >= 11 is 0. The molecule has 90 valence electrons. The molecule has 0 aliphatic carbocycles. The Hall–Kier alpha value is -0.900. The predicted octanol–water partition coefficient (Wildman–Crippen LogP) is 1.49. The molecule has 3 N–H and O–H groups in total. The van der Waals surface area contributed by atoms with Crippen molar-refractivity contribution in [2.45, 2.75) is 38.6 Å². The molecule has 0 aromatic heterocycles. The van der Waals surface area contributed by atoms with Crippen molar-refractivity contribution in [1.29, 1.82) is 0 Å². The Morgan fingerprint density at radius 1 is 1.00 bits per heavy atom. The van der Waals surface area contributed by atoms with Crippen LogP contribution in [0, 0.1) is 5.92 Å². The summed E-state index contributed by atoms with van der Waals surface area (Å²) in [6, 6.07) is 8.89. The molecule has 3 heteroatoms. The van der Waals surface area contributed by atoms with Crippen LogP contribution in [0.3, 0.4) is 0 Å². The fraction of sp³-hybridized carbons (Fsp3) is 0.538. The van der Waals surface area contributed by atoms with E-state index in [2.05, 4.69) is 0 Å². The predicted molar refractivity (Wildman–Crippen MR) is 62.9 cm³/mol. The zero-order valence-corrected chi connectivity index (χ0v) is 9.74. The summed E-state index contributed by atoms with van der Waals surface area (Å²) in [5, 5.41) is 29.5. The van der Waals surface area contributed by atoms with Gasteiger partial charge in [0.05, 0.1) is 6.10 Å². The highest BCUT2D eigenvalue weighted by Gasteiger charge is 2.28. The molecule has 0 aliphatic heterocycles. The maximum absolute atomic E-state index is 9.89. The minimum atomic E-state index is -1.14. The molecule has 0 spiro atoms. The Morgan fingerprint density at radius 3 is 2.06 bits per heavy atom. The van der Waals surface area contributed by atoms with E-state index in [-0.39, 0.29) is 5.92 Å². The fourth-order valence-corrected chi connectivity index (χ4v) is 1.61. The minimum absolute atomic E-state index is 0.0339. The van der Waals surface area contributed by atoms with Crippen LogP contribution in [0.2, 0.25) is 0 Å². The van der Waals surface area contributed by atoms with Gasteiger partial charge < -0.3 is 15.3 Å². The lowest BCUT2D eigenvalue weighted by molar-refractivity contribution is -0.0801. The van der Waals surface area contributed by atoms with Gasteiger partial charge in [0.2, 0.25) is 0 Å². The lowest BCUT2D eigenvalue weighted by Gasteiger charge is -2.26. The molecule has 16 heavy (non-hydrogen) atoms. The third kappa shape index (κ3) is 3.04. The molecular formula is C13H20O3. The number of hydrogen-bond donors (Lipinski definition) is 3. The molecule has 0 aliphatic rings. The Labute approximate surface area is 96.4 Å². The standard InChI is InChI=1S/C13H20O3/c1-3-9(2)11(14)13(16)12(15)10-7-5-4-6-8-10/h4-9,11-16H,3H2,1-2H3/t9?,11-,12-,13-/m0/s1. The van der Waals surface area contributed by atoms with Gasteiger partial charge in [0.15, 0.2) is 0 Å². The molecule has 0 saturated heterocycles. The first-order valence-electron chi connectivity index (χ1n) is 5.67. The van der Waals surface area contributed by atoms with Crippen LogP contribution in [0.1, 0.15) is 31.9 Å². The van der Waals surface area contributed by atoms with Crippen LogP contribution in [-0.4, -0.2) is 27.5 Å². The third-order valence-electron chi connectivity index (χ3n) is 3.04. The van der Waals surface area contributed by atoms with E-state index in [1.165, 1.54) is 0 Å². The highest BCUT2D eigenvalue weighted by molar-refractivity contribution is 5.18. The summed E-state index contributed by atoms with van der Waals surface area (Å²) in [6.45, 7) is 3.79. The van der Waals surface area contributed by atoms with E-state index in [9.17, 15) is 15.3 Å². The van der Waals surface area contributed by atoms with Gasteiger partial charge in [-0.3, -0.25) is 0 Å². The Kier molecular flexibility index (Phi) is 4.93. The van der Waals surface area contributed by atoms with Crippen molar-refractivity contribution in [3.63, 3.8) is 0 Å². The van der Waals surface area contributed by atoms with E-state index >= 15 is 0 Å². The van der Waals surface area contributed by atoms with E-state index in [0.717, 1.165) is 6.42 Å². The molecule has 1 unspecified atom stereocenters. The Balaban J connectivity index is 2.71. The number of benzene rings is 1. The lowest BCUT2D eigenvalue weighted by atomic mass is 9.91. The number of aliphatic hydroxyl groups is 3. The topological polar surface area (TPSA) is 60.7 Å². The average Bonchev–Trinajstić information content (AvgIpc) is 2.36. The molecule has 0 saturated carbocycles. The highest BCUT2D eigenvalue weighted by Crippen LogP contribution is 2.22. The van der Waals surface area contributed by atoms with Gasteiger partial charge in [0.25, 0.3) is 0 Å². The maximum Gasteiger partial charge on any atom is 0.110 e. The SMILES string of the molecule is CCC(C)[C@H](O)[C@H](O)[C@@H](O)c1ccccc1. The summed E-state index contributed by atoms with van der Waals surface area (Å²) in [5.41, 5.74) is 0.623. The first-order valence-corrected chi connectivity index (χ1v) is 5.67. The molecule has 0 amide bonds. The zero-order chi connectivity index (χ0) is 12.1. The van der Waals surface area contributed by atoms with Crippen molar-refractivity contribution in [3.8, 4) is 0 Å². The number of rotatable bonds is 5. The Morgan fingerprint density at radius 2 is 1.56 bits per heavy atom. The lowest BCUT2D eigenvalue weighted by Crippen LogP contribution is -2.36. The van der Waals surface area contributed by atoms with Gasteiger partial charge in [-0.05, 0) is 11.5 Å². The monoisotopic (exact) mass is 224 g/mol. The summed E-state index contributed by atoms with van der Waals surface area (Å²) in [7, 11) is 0. The summed E-state index contributed by atoms with van der Waals surface area (Å²) in [4.78, 5) is 0. The van der Waals surface area contributed by atoms with E-state index in [1.807, 2.05) is 19.9 Å². The van der Waals surface area contributed by atoms with E-state index in [1.54, 1.807) is 24.3 Å². The van der Waals surface area contributed by atoms with Crippen molar-refractivity contribution < 1.29 is 15.3 Å². The molecule has 3 nitrogen and oxygen atoms in total. The van der Waals surface area contributed by atoms with Crippen molar-refractivity contribution >= 4 is 0 Å². The largest absolute Gasteiger partial charge is 0.390 e. The first kappa shape index (κ1) is 13.2. The highest BCUT2D eigenvalue weighted by atomic mass is 16.4. The van der Waals surface area contributed by atoms with Crippen LogP contribution < -0.4 is 0 Å². The summed E-state index contributed by atoms with van der Waals surface area (Å²) in [6.07, 6.45) is -2.32. The first-order chi connectivity index (χ1) is 7.57. The van der Waals surface area contributed by atoms with Crippen molar-refractivity contribution in [2.24, 2.45) is 5.92 Å². The quantitative estimate of drug-likeness (QED) is 0.710. The van der Waals surface area contributed by atoms with Crippen molar-refractivity contribution in [3.05, 3.63) is 35.9 Å². The molecular weight excluding hydrogens is 204 g/mol. The Bertz CT molecular complexity index is 299. The van der Waals surface area contributed by atoms with Crippen LogP contribution in [0.25, 0.3) is 0 Å². The molecule has 0 radical (unpaired) electrons. The van der Waals surface area contributed by atoms with Crippen LogP contribution >= 0.6 is 0 Å². The third-order valence-corrected chi connectivity index (χ3v) is 3.04. The van der Waals surface area contributed by atoms with Crippen LogP contribution in [0.5, 0.6) is 0 Å². The van der Waals surface area contributed by atoms with Gasteiger partial charge in [-0.15, -0.1) is 0 Å². The van der Waals surface area contributed by atoms with Gasteiger partial charge in [0.1, 0.15) is 12.2 Å². The van der Waals surface area contributed by atoms with Gasteiger partial charge in [-0.2, -0.15) is 0 Å². The van der Waals surface area contributed by atoms with Gasteiger partial charge in [-0.25, -0.2) is 0 Å². The van der Waals surface area contributed by atoms with Crippen molar-refractivity contribution in [1.82, 2.24) is 0 Å². The smallest absolute Gasteiger partial charge is 0.110 e. The van der Waals surface area contributed by atoms with Gasteiger partial charge in [0, 0.05) is 0 Å². The zero-order valence-electron chi connectivity index (χ0n) is 9.74. The minimum Gasteiger partial charge on any atom is -0.390 e. The molecule has 0 bridgehead atoms. The molecule has 4 atom stereocenters. The van der Waals surface area contributed by atoms with E-state index < -0.39 is 18.3 Å². The fourth-order valence-electron chi connectivity index (χ4n) is 1.61. The van der Waals surface area contributed by atoms with E-state index in [4.69, 9.17) is 0 Å². The van der Waals surface area contributed by atoms with E-state index in [0.29, 0.717) is 5.56 Å². The van der Waals surface area contributed by atoms with Crippen LogP contribution in [0.4, 0.5) is 0 Å². The average molecular weight is 224 g/mol. The number of hydrogen-bond acceptors (Lipinski definition) is 3. The molecule has 1 aromatic carbocycles. The molecule has 0 heterocycles. The van der Waals surface area contributed by atoms with Crippen LogP contribution in [-0.2, 0) is 0 Å².